The second-order valence-corrected chi connectivity index (χ2v) is 3.64. The number of ether oxygens (including phenoxy) is 1. The summed E-state index contributed by atoms with van der Waals surface area (Å²) in [5.74, 6) is 0. The fourth-order valence-corrected chi connectivity index (χ4v) is 1.38. The topological polar surface area (TPSA) is 47.3 Å². The average molecular weight is 212 g/mol. The molecule has 0 aliphatic heterocycles. The predicted octanol–water partition coefficient (Wildman–Crippen LogP) is 1.23. The minimum Gasteiger partial charge on any atom is -0.390 e. The monoisotopic (exact) mass is 212 g/mol. The van der Waals surface area contributed by atoms with Gasteiger partial charge in [-0.3, -0.25) is 4.68 Å². The third-order valence-electron chi connectivity index (χ3n) is 2.14. The zero-order valence-electron chi connectivity index (χ0n) is 9.52. The highest BCUT2D eigenvalue weighted by molar-refractivity contribution is 5.05. The van der Waals surface area contributed by atoms with Gasteiger partial charge in [-0.25, -0.2) is 0 Å². The molecule has 1 N–H and O–H groups in total. The van der Waals surface area contributed by atoms with E-state index >= 15 is 0 Å². The number of aromatic nitrogens is 2. The number of hydrogen-bond acceptors (Lipinski definition) is 3. The van der Waals surface area contributed by atoms with E-state index < -0.39 is 6.10 Å². The van der Waals surface area contributed by atoms with Crippen molar-refractivity contribution < 1.29 is 9.84 Å². The second kappa shape index (κ2) is 6.58. The van der Waals surface area contributed by atoms with Gasteiger partial charge in [0, 0.05) is 25.8 Å². The van der Waals surface area contributed by atoms with Gasteiger partial charge < -0.3 is 9.84 Å². The first-order chi connectivity index (χ1) is 7.26. The summed E-state index contributed by atoms with van der Waals surface area (Å²) in [6.45, 7) is 6.08. The van der Waals surface area contributed by atoms with Gasteiger partial charge >= 0.3 is 0 Å². The summed E-state index contributed by atoms with van der Waals surface area (Å²) in [4.78, 5) is 0. The normalized spacial score (nSPS) is 13.0. The van der Waals surface area contributed by atoms with E-state index in [2.05, 4.69) is 12.0 Å². The van der Waals surface area contributed by atoms with Gasteiger partial charge in [-0.05, 0) is 18.9 Å². The third kappa shape index (κ3) is 4.44. The van der Waals surface area contributed by atoms with Gasteiger partial charge in [-0.1, -0.05) is 6.92 Å². The minimum atomic E-state index is -0.425. The van der Waals surface area contributed by atoms with E-state index in [1.54, 1.807) is 6.20 Å². The molecule has 4 heteroatoms. The first-order valence-corrected chi connectivity index (χ1v) is 5.53. The number of hydrogen-bond donors (Lipinski definition) is 1. The fraction of sp³-hybridized carbons (Fsp3) is 0.727. The number of nitrogens with zero attached hydrogens (tertiary/aromatic N) is 2. The standard InChI is InChI=1S/C11H20N2O2/c1-3-5-15-9-11(14)6-10-7-12-13(4-2)8-10/h7-8,11,14H,3-6,9H2,1-2H3. The molecule has 1 unspecified atom stereocenters. The van der Waals surface area contributed by atoms with Crippen molar-refractivity contribution in [1.29, 1.82) is 0 Å². The highest BCUT2D eigenvalue weighted by atomic mass is 16.5. The lowest BCUT2D eigenvalue weighted by Gasteiger charge is -2.09. The summed E-state index contributed by atoms with van der Waals surface area (Å²) < 4.78 is 7.13. The lowest BCUT2D eigenvalue weighted by atomic mass is 10.2. The molecule has 0 saturated carbocycles. The van der Waals surface area contributed by atoms with Crippen LogP contribution in [0.2, 0.25) is 0 Å². The Morgan fingerprint density at radius 3 is 2.93 bits per heavy atom. The quantitative estimate of drug-likeness (QED) is 0.692. The average Bonchev–Trinajstić information content (AvgIpc) is 2.66. The van der Waals surface area contributed by atoms with E-state index in [1.807, 2.05) is 17.8 Å². The van der Waals surface area contributed by atoms with Crippen LogP contribution in [0, 0.1) is 0 Å². The molecule has 0 aliphatic carbocycles. The summed E-state index contributed by atoms with van der Waals surface area (Å²) in [5, 5.41) is 13.8. The number of aliphatic hydroxyl groups excluding tert-OH is 1. The molecule has 0 spiro atoms. The largest absolute Gasteiger partial charge is 0.390 e. The lowest BCUT2D eigenvalue weighted by molar-refractivity contribution is 0.0374. The molecule has 1 aromatic heterocycles. The van der Waals surface area contributed by atoms with Gasteiger partial charge in [0.1, 0.15) is 0 Å². The van der Waals surface area contributed by atoms with Crippen LogP contribution in [0.5, 0.6) is 0 Å². The van der Waals surface area contributed by atoms with Crippen LogP contribution in [0.25, 0.3) is 0 Å². The summed E-state index contributed by atoms with van der Waals surface area (Å²) in [6.07, 6.45) is 4.94. The van der Waals surface area contributed by atoms with Crippen LogP contribution in [-0.2, 0) is 17.7 Å². The number of rotatable bonds is 7. The van der Waals surface area contributed by atoms with Crippen LogP contribution in [0.15, 0.2) is 12.4 Å². The van der Waals surface area contributed by atoms with Crippen molar-refractivity contribution in [2.75, 3.05) is 13.2 Å². The van der Waals surface area contributed by atoms with Crippen LogP contribution in [0.4, 0.5) is 0 Å². The first kappa shape index (κ1) is 12.2. The Hall–Kier alpha value is -0.870. The zero-order valence-corrected chi connectivity index (χ0v) is 9.52. The maximum absolute atomic E-state index is 9.65. The Morgan fingerprint density at radius 2 is 2.33 bits per heavy atom. The molecule has 0 radical (unpaired) electrons. The summed E-state index contributed by atoms with van der Waals surface area (Å²) in [7, 11) is 0. The fourth-order valence-electron chi connectivity index (χ4n) is 1.38. The van der Waals surface area contributed by atoms with Crippen molar-refractivity contribution in [2.24, 2.45) is 0 Å². The Kier molecular flexibility index (Phi) is 5.36. The van der Waals surface area contributed by atoms with Gasteiger partial charge in [-0.15, -0.1) is 0 Å². The van der Waals surface area contributed by atoms with Gasteiger partial charge in [-0.2, -0.15) is 5.10 Å². The molecule has 1 aromatic rings. The molecule has 4 nitrogen and oxygen atoms in total. The van der Waals surface area contributed by atoms with Crippen LogP contribution in [0.3, 0.4) is 0 Å². The molecule has 0 aromatic carbocycles. The van der Waals surface area contributed by atoms with Gasteiger partial charge in [0.05, 0.1) is 18.9 Å². The van der Waals surface area contributed by atoms with Crippen molar-refractivity contribution >= 4 is 0 Å². The molecule has 0 bridgehead atoms. The van der Waals surface area contributed by atoms with Crippen molar-refractivity contribution in [3.8, 4) is 0 Å². The molecule has 1 rings (SSSR count). The van der Waals surface area contributed by atoms with Gasteiger partial charge in [0.25, 0.3) is 0 Å². The lowest BCUT2D eigenvalue weighted by Crippen LogP contribution is -2.18. The van der Waals surface area contributed by atoms with Crippen LogP contribution in [-0.4, -0.2) is 34.2 Å². The molecule has 1 atom stereocenters. The van der Waals surface area contributed by atoms with Crippen LogP contribution in [0.1, 0.15) is 25.8 Å². The second-order valence-electron chi connectivity index (χ2n) is 3.64. The van der Waals surface area contributed by atoms with Crippen molar-refractivity contribution in [1.82, 2.24) is 9.78 Å². The smallest absolute Gasteiger partial charge is 0.0815 e. The van der Waals surface area contributed by atoms with Crippen LogP contribution >= 0.6 is 0 Å². The Labute approximate surface area is 90.9 Å². The molecular weight excluding hydrogens is 192 g/mol. The first-order valence-electron chi connectivity index (χ1n) is 5.53. The predicted molar refractivity (Wildman–Crippen MR) is 58.7 cm³/mol. The highest BCUT2D eigenvalue weighted by Gasteiger charge is 2.07. The van der Waals surface area contributed by atoms with E-state index in [-0.39, 0.29) is 0 Å². The summed E-state index contributed by atoms with van der Waals surface area (Å²) in [6, 6.07) is 0. The molecule has 15 heavy (non-hydrogen) atoms. The van der Waals surface area contributed by atoms with Crippen molar-refractivity contribution in [2.45, 2.75) is 39.3 Å². The highest BCUT2D eigenvalue weighted by Crippen LogP contribution is 2.03. The number of aryl methyl sites for hydroxylation is 1. The Balaban J connectivity index is 2.27. The Bertz CT molecular complexity index is 273. The van der Waals surface area contributed by atoms with E-state index in [0.29, 0.717) is 19.6 Å². The third-order valence-corrected chi connectivity index (χ3v) is 2.14. The van der Waals surface area contributed by atoms with Gasteiger partial charge in [0.2, 0.25) is 0 Å². The molecule has 0 fully saturated rings. The molecule has 0 saturated heterocycles. The van der Waals surface area contributed by atoms with E-state index in [0.717, 1.165) is 18.5 Å². The van der Waals surface area contributed by atoms with Gasteiger partial charge in [0.15, 0.2) is 0 Å². The summed E-state index contributed by atoms with van der Waals surface area (Å²) >= 11 is 0. The molecule has 1 heterocycles. The van der Waals surface area contributed by atoms with E-state index in [1.165, 1.54) is 0 Å². The minimum absolute atomic E-state index is 0.408. The molecule has 0 amide bonds. The summed E-state index contributed by atoms with van der Waals surface area (Å²) in [5.41, 5.74) is 1.06. The van der Waals surface area contributed by atoms with Crippen molar-refractivity contribution in [3.63, 3.8) is 0 Å². The van der Waals surface area contributed by atoms with E-state index in [9.17, 15) is 5.11 Å². The van der Waals surface area contributed by atoms with Crippen molar-refractivity contribution in [3.05, 3.63) is 18.0 Å². The zero-order chi connectivity index (χ0) is 11.1. The SMILES string of the molecule is CCCOCC(O)Cc1cnn(CC)c1. The number of aliphatic hydroxyl groups is 1. The van der Waals surface area contributed by atoms with E-state index in [4.69, 9.17) is 4.74 Å². The van der Waals surface area contributed by atoms with Crippen LogP contribution < -0.4 is 0 Å². The maximum atomic E-state index is 9.65. The molecular formula is C11H20N2O2. The molecule has 0 aliphatic rings. The molecule has 86 valence electrons. The Morgan fingerprint density at radius 1 is 1.53 bits per heavy atom. The maximum Gasteiger partial charge on any atom is 0.0815 e.